The summed E-state index contributed by atoms with van der Waals surface area (Å²) >= 11 is 0. The van der Waals surface area contributed by atoms with E-state index in [1.165, 1.54) is 19.3 Å². The number of morpholine rings is 1. The molecule has 2 nitrogen and oxygen atoms in total. The van der Waals surface area contributed by atoms with Crippen molar-refractivity contribution in [1.29, 1.82) is 0 Å². The van der Waals surface area contributed by atoms with E-state index in [0.29, 0.717) is 6.04 Å². The Labute approximate surface area is 69.5 Å². The Morgan fingerprint density at radius 2 is 2.36 bits per heavy atom. The van der Waals surface area contributed by atoms with Crippen molar-refractivity contribution < 1.29 is 4.74 Å². The Kier molecular flexibility index (Phi) is 3.87. The molecule has 0 saturated carbocycles. The Hall–Kier alpha value is -0.0800. The number of rotatable bonds is 3. The molecule has 0 aromatic heterocycles. The maximum Gasteiger partial charge on any atom is 0.0622 e. The molecule has 1 fully saturated rings. The van der Waals surface area contributed by atoms with Gasteiger partial charge in [-0.1, -0.05) is 19.8 Å². The lowest BCUT2D eigenvalue weighted by molar-refractivity contribution is 0.00227. The van der Waals surface area contributed by atoms with Gasteiger partial charge in [-0.25, -0.2) is 0 Å². The second kappa shape index (κ2) is 4.73. The molecule has 66 valence electrons. The zero-order valence-electron chi connectivity index (χ0n) is 7.68. The van der Waals surface area contributed by atoms with Gasteiger partial charge in [-0.3, -0.25) is 4.90 Å². The Morgan fingerprint density at radius 3 is 3.00 bits per heavy atom. The van der Waals surface area contributed by atoms with Crippen LogP contribution in [0.2, 0.25) is 0 Å². The number of unbranched alkanes of at least 4 members (excludes halogenated alkanes) is 1. The van der Waals surface area contributed by atoms with E-state index >= 15 is 0 Å². The molecule has 1 heterocycles. The van der Waals surface area contributed by atoms with Crippen LogP contribution in [0.1, 0.15) is 26.2 Å². The van der Waals surface area contributed by atoms with Crippen LogP contribution in [0.4, 0.5) is 0 Å². The van der Waals surface area contributed by atoms with Gasteiger partial charge < -0.3 is 4.74 Å². The van der Waals surface area contributed by atoms with Crippen molar-refractivity contribution in [1.82, 2.24) is 4.90 Å². The van der Waals surface area contributed by atoms with Gasteiger partial charge in [-0.15, -0.1) is 0 Å². The Bertz CT molecular complexity index is 106. The van der Waals surface area contributed by atoms with Gasteiger partial charge in [0, 0.05) is 12.6 Å². The highest BCUT2D eigenvalue weighted by Gasteiger charge is 2.17. The van der Waals surface area contributed by atoms with Gasteiger partial charge >= 0.3 is 0 Å². The molecule has 1 atom stereocenters. The summed E-state index contributed by atoms with van der Waals surface area (Å²) in [4.78, 5) is 2.42. The molecule has 0 aromatic carbocycles. The van der Waals surface area contributed by atoms with E-state index in [2.05, 4.69) is 18.9 Å². The van der Waals surface area contributed by atoms with Crippen LogP contribution in [-0.4, -0.2) is 37.7 Å². The SMILES string of the molecule is CCCCC1COCCN1C. The fourth-order valence-corrected chi connectivity index (χ4v) is 1.48. The quantitative estimate of drug-likeness (QED) is 0.615. The van der Waals surface area contributed by atoms with Gasteiger partial charge in [0.2, 0.25) is 0 Å². The zero-order valence-corrected chi connectivity index (χ0v) is 7.68. The van der Waals surface area contributed by atoms with E-state index in [-0.39, 0.29) is 0 Å². The summed E-state index contributed by atoms with van der Waals surface area (Å²) < 4.78 is 5.41. The molecule has 1 unspecified atom stereocenters. The predicted octanol–water partition coefficient (Wildman–Crippen LogP) is 1.51. The number of likely N-dealkylation sites (N-methyl/N-ethyl adjacent to an activating group) is 1. The fraction of sp³-hybridized carbons (Fsp3) is 1.00. The normalized spacial score (nSPS) is 27.3. The second-order valence-corrected chi connectivity index (χ2v) is 3.35. The lowest BCUT2D eigenvalue weighted by atomic mass is 10.1. The van der Waals surface area contributed by atoms with Crippen LogP contribution in [-0.2, 0) is 4.74 Å². The predicted molar refractivity (Wildman–Crippen MR) is 46.8 cm³/mol. The van der Waals surface area contributed by atoms with Crippen LogP contribution in [0.15, 0.2) is 0 Å². The van der Waals surface area contributed by atoms with Gasteiger partial charge in [-0.05, 0) is 13.5 Å². The monoisotopic (exact) mass is 157 g/mol. The van der Waals surface area contributed by atoms with Crippen molar-refractivity contribution in [2.24, 2.45) is 0 Å². The van der Waals surface area contributed by atoms with Crippen molar-refractivity contribution in [3.05, 3.63) is 0 Å². The first-order chi connectivity index (χ1) is 5.34. The minimum atomic E-state index is 0.684. The summed E-state index contributed by atoms with van der Waals surface area (Å²) in [6.07, 6.45) is 3.93. The second-order valence-electron chi connectivity index (χ2n) is 3.35. The van der Waals surface area contributed by atoms with Crippen molar-refractivity contribution in [3.63, 3.8) is 0 Å². The molecule has 0 amide bonds. The molecular weight excluding hydrogens is 138 g/mol. The molecule has 0 N–H and O–H groups in total. The smallest absolute Gasteiger partial charge is 0.0622 e. The third kappa shape index (κ3) is 2.80. The van der Waals surface area contributed by atoms with Crippen molar-refractivity contribution >= 4 is 0 Å². The van der Waals surface area contributed by atoms with Crippen LogP contribution in [0.5, 0.6) is 0 Å². The van der Waals surface area contributed by atoms with Gasteiger partial charge in [0.05, 0.1) is 13.2 Å². The van der Waals surface area contributed by atoms with E-state index in [1.807, 2.05) is 0 Å². The van der Waals surface area contributed by atoms with E-state index in [4.69, 9.17) is 4.74 Å². The highest BCUT2D eigenvalue weighted by Crippen LogP contribution is 2.10. The summed E-state index contributed by atoms with van der Waals surface area (Å²) in [7, 11) is 2.20. The van der Waals surface area contributed by atoms with Gasteiger partial charge in [0.15, 0.2) is 0 Å². The largest absolute Gasteiger partial charge is 0.378 e. The fourth-order valence-electron chi connectivity index (χ4n) is 1.48. The summed E-state index contributed by atoms with van der Waals surface area (Å²) in [5.74, 6) is 0. The summed E-state index contributed by atoms with van der Waals surface area (Å²) in [5, 5.41) is 0. The number of hydrogen-bond acceptors (Lipinski definition) is 2. The van der Waals surface area contributed by atoms with Gasteiger partial charge in [0.1, 0.15) is 0 Å². The molecular formula is C9H19NO. The lowest BCUT2D eigenvalue weighted by Gasteiger charge is -2.32. The van der Waals surface area contributed by atoms with Crippen LogP contribution < -0.4 is 0 Å². The highest BCUT2D eigenvalue weighted by atomic mass is 16.5. The van der Waals surface area contributed by atoms with Crippen LogP contribution >= 0.6 is 0 Å². The average Bonchev–Trinajstić information content (AvgIpc) is 2.03. The highest BCUT2D eigenvalue weighted by molar-refractivity contribution is 4.71. The average molecular weight is 157 g/mol. The molecule has 1 saturated heterocycles. The van der Waals surface area contributed by atoms with Crippen molar-refractivity contribution in [2.45, 2.75) is 32.2 Å². The maximum atomic E-state index is 5.41. The lowest BCUT2D eigenvalue weighted by Crippen LogP contribution is -2.42. The molecule has 1 rings (SSSR count). The zero-order chi connectivity index (χ0) is 8.10. The molecule has 0 aromatic rings. The first-order valence-corrected chi connectivity index (χ1v) is 4.62. The molecule has 0 radical (unpaired) electrons. The molecule has 0 spiro atoms. The summed E-state index contributed by atoms with van der Waals surface area (Å²) in [6.45, 7) is 5.20. The molecule has 2 heteroatoms. The van der Waals surface area contributed by atoms with E-state index in [1.54, 1.807) is 0 Å². The topological polar surface area (TPSA) is 12.5 Å². The minimum Gasteiger partial charge on any atom is -0.378 e. The molecule has 1 aliphatic heterocycles. The molecule has 0 aliphatic carbocycles. The van der Waals surface area contributed by atoms with Gasteiger partial charge in [0.25, 0.3) is 0 Å². The van der Waals surface area contributed by atoms with Crippen LogP contribution in [0, 0.1) is 0 Å². The summed E-state index contributed by atoms with van der Waals surface area (Å²) in [6, 6.07) is 0.684. The number of hydrogen-bond donors (Lipinski definition) is 0. The maximum absolute atomic E-state index is 5.41. The van der Waals surface area contributed by atoms with Crippen molar-refractivity contribution in [3.8, 4) is 0 Å². The third-order valence-electron chi connectivity index (χ3n) is 2.41. The van der Waals surface area contributed by atoms with E-state index < -0.39 is 0 Å². The summed E-state index contributed by atoms with van der Waals surface area (Å²) in [5.41, 5.74) is 0. The van der Waals surface area contributed by atoms with Gasteiger partial charge in [-0.2, -0.15) is 0 Å². The Balaban J connectivity index is 2.18. The number of nitrogens with zero attached hydrogens (tertiary/aromatic N) is 1. The molecule has 11 heavy (non-hydrogen) atoms. The van der Waals surface area contributed by atoms with Crippen molar-refractivity contribution in [2.75, 3.05) is 26.8 Å². The standard InChI is InChI=1S/C9H19NO/c1-3-4-5-9-8-11-7-6-10(9)2/h9H,3-8H2,1-2H3. The molecule has 1 aliphatic rings. The first-order valence-electron chi connectivity index (χ1n) is 4.62. The third-order valence-corrected chi connectivity index (χ3v) is 2.41. The first kappa shape index (κ1) is 9.01. The Morgan fingerprint density at radius 1 is 1.55 bits per heavy atom. The number of ether oxygens (including phenoxy) is 1. The van der Waals surface area contributed by atoms with Crippen LogP contribution in [0.3, 0.4) is 0 Å². The van der Waals surface area contributed by atoms with E-state index in [9.17, 15) is 0 Å². The van der Waals surface area contributed by atoms with E-state index in [0.717, 1.165) is 19.8 Å². The minimum absolute atomic E-state index is 0.684. The molecule has 0 bridgehead atoms. The van der Waals surface area contributed by atoms with Crippen LogP contribution in [0.25, 0.3) is 0 Å².